The third kappa shape index (κ3) is 3.41. The van der Waals surface area contributed by atoms with Gasteiger partial charge in [0.25, 0.3) is 0 Å². The summed E-state index contributed by atoms with van der Waals surface area (Å²) in [5.74, 6) is 0. The standard InChI is InChI=1S/C17H23NOS/c1-12-7-5-6-8-13(12)18-14(11-19)15-9-10-16(20-15)17(2,3)4/h5-10,14,18-19H,11H2,1-4H3. The Labute approximate surface area is 125 Å². The van der Waals surface area contributed by atoms with E-state index in [0.717, 1.165) is 5.69 Å². The van der Waals surface area contributed by atoms with Crippen LogP contribution in [0.15, 0.2) is 36.4 Å². The molecule has 0 spiro atoms. The molecule has 0 amide bonds. The molecular formula is C17H23NOS. The molecule has 0 bridgehead atoms. The molecule has 0 radical (unpaired) electrons. The lowest BCUT2D eigenvalue weighted by atomic mass is 9.95. The van der Waals surface area contributed by atoms with Crippen LogP contribution >= 0.6 is 11.3 Å². The van der Waals surface area contributed by atoms with Crippen LogP contribution in [0.4, 0.5) is 5.69 Å². The highest BCUT2D eigenvalue weighted by Crippen LogP contribution is 2.33. The zero-order valence-corrected chi connectivity index (χ0v) is 13.4. The Morgan fingerprint density at radius 2 is 1.85 bits per heavy atom. The summed E-state index contributed by atoms with van der Waals surface area (Å²) in [5.41, 5.74) is 2.43. The van der Waals surface area contributed by atoms with Gasteiger partial charge in [-0.1, -0.05) is 39.0 Å². The van der Waals surface area contributed by atoms with Crippen LogP contribution in [0.2, 0.25) is 0 Å². The number of thiophene rings is 1. The summed E-state index contributed by atoms with van der Waals surface area (Å²) in [5, 5.41) is 13.1. The van der Waals surface area contributed by atoms with Gasteiger partial charge in [-0.2, -0.15) is 0 Å². The second-order valence-electron chi connectivity index (χ2n) is 6.15. The van der Waals surface area contributed by atoms with Crippen molar-refractivity contribution < 1.29 is 5.11 Å². The van der Waals surface area contributed by atoms with Crippen LogP contribution < -0.4 is 5.32 Å². The van der Waals surface area contributed by atoms with E-state index in [9.17, 15) is 5.11 Å². The fourth-order valence-corrected chi connectivity index (χ4v) is 3.18. The van der Waals surface area contributed by atoms with Gasteiger partial charge < -0.3 is 10.4 Å². The van der Waals surface area contributed by atoms with Crippen LogP contribution in [-0.2, 0) is 5.41 Å². The summed E-state index contributed by atoms with van der Waals surface area (Å²) >= 11 is 1.78. The number of aryl methyl sites for hydroxylation is 1. The summed E-state index contributed by atoms with van der Waals surface area (Å²) < 4.78 is 0. The molecule has 1 heterocycles. The fourth-order valence-electron chi connectivity index (χ4n) is 2.07. The fraction of sp³-hybridized carbons (Fsp3) is 0.412. The minimum absolute atomic E-state index is 0.0443. The Bertz CT molecular complexity index is 568. The maximum atomic E-state index is 9.69. The number of hydrogen-bond donors (Lipinski definition) is 2. The van der Waals surface area contributed by atoms with Gasteiger partial charge in [0.2, 0.25) is 0 Å². The van der Waals surface area contributed by atoms with Gasteiger partial charge in [-0.05, 0) is 36.1 Å². The minimum Gasteiger partial charge on any atom is -0.394 e. The summed E-state index contributed by atoms with van der Waals surface area (Å²) in [6.45, 7) is 8.81. The number of rotatable bonds is 4. The van der Waals surface area contributed by atoms with E-state index in [1.165, 1.54) is 15.3 Å². The summed E-state index contributed by atoms with van der Waals surface area (Å²) in [4.78, 5) is 2.53. The zero-order valence-electron chi connectivity index (χ0n) is 12.6. The maximum Gasteiger partial charge on any atom is 0.0837 e. The summed E-state index contributed by atoms with van der Waals surface area (Å²) in [6, 6.07) is 12.4. The Morgan fingerprint density at radius 1 is 1.15 bits per heavy atom. The number of aliphatic hydroxyl groups is 1. The largest absolute Gasteiger partial charge is 0.394 e. The first-order valence-electron chi connectivity index (χ1n) is 6.95. The van der Waals surface area contributed by atoms with Crippen LogP contribution in [0.3, 0.4) is 0 Å². The van der Waals surface area contributed by atoms with E-state index in [1.54, 1.807) is 11.3 Å². The Hall–Kier alpha value is -1.32. The van der Waals surface area contributed by atoms with Crippen molar-refractivity contribution in [1.29, 1.82) is 0 Å². The maximum absolute atomic E-state index is 9.69. The Morgan fingerprint density at radius 3 is 2.40 bits per heavy atom. The second kappa shape index (κ2) is 5.98. The highest BCUT2D eigenvalue weighted by atomic mass is 32.1. The molecule has 0 aliphatic heterocycles. The van der Waals surface area contributed by atoms with E-state index in [0.29, 0.717) is 0 Å². The predicted molar refractivity (Wildman–Crippen MR) is 87.6 cm³/mol. The highest BCUT2D eigenvalue weighted by molar-refractivity contribution is 7.12. The molecule has 1 unspecified atom stereocenters. The van der Waals surface area contributed by atoms with Crippen molar-refractivity contribution in [2.24, 2.45) is 0 Å². The quantitative estimate of drug-likeness (QED) is 0.868. The normalized spacial score (nSPS) is 13.2. The SMILES string of the molecule is Cc1ccccc1NC(CO)c1ccc(C(C)(C)C)s1. The Kier molecular flexibility index (Phi) is 4.51. The van der Waals surface area contributed by atoms with Crippen LogP contribution in [0.25, 0.3) is 0 Å². The van der Waals surface area contributed by atoms with Crippen molar-refractivity contribution in [2.75, 3.05) is 11.9 Å². The van der Waals surface area contributed by atoms with Crippen molar-refractivity contribution in [3.8, 4) is 0 Å². The van der Waals surface area contributed by atoms with E-state index in [2.05, 4.69) is 57.3 Å². The minimum atomic E-state index is -0.0443. The third-order valence-corrected chi connectivity index (χ3v) is 4.99. The van der Waals surface area contributed by atoms with E-state index in [1.807, 2.05) is 12.1 Å². The molecule has 2 N–H and O–H groups in total. The molecule has 108 valence electrons. The van der Waals surface area contributed by atoms with Gasteiger partial charge in [0.05, 0.1) is 12.6 Å². The van der Waals surface area contributed by atoms with E-state index in [4.69, 9.17) is 0 Å². The van der Waals surface area contributed by atoms with Gasteiger partial charge in [0.1, 0.15) is 0 Å². The average Bonchev–Trinajstić information content (AvgIpc) is 2.87. The molecule has 0 aliphatic carbocycles. The molecule has 1 aromatic heterocycles. The van der Waals surface area contributed by atoms with Crippen LogP contribution in [0.5, 0.6) is 0 Å². The zero-order chi connectivity index (χ0) is 14.8. The van der Waals surface area contributed by atoms with Gasteiger partial charge in [-0.3, -0.25) is 0 Å². The highest BCUT2D eigenvalue weighted by Gasteiger charge is 2.19. The predicted octanol–water partition coefficient (Wildman–Crippen LogP) is 4.50. The lowest BCUT2D eigenvalue weighted by molar-refractivity contribution is 0.277. The monoisotopic (exact) mass is 289 g/mol. The van der Waals surface area contributed by atoms with Gasteiger partial charge in [-0.15, -0.1) is 11.3 Å². The lowest BCUT2D eigenvalue weighted by Gasteiger charge is -2.19. The first-order chi connectivity index (χ1) is 9.41. The summed E-state index contributed by atoms with van der Waals surface area (Å²) in [7, 11) is 0. The first-order valence-corrected chi connectivity index (χ1v) is 7.76. The van der Waals surface area contributed by atoms with Gasteiger partial charge in [0, 0.05) is 15.4 Å². The van der Waals surface area contributed by atoms with Crippen molar-refractivity contribution in [2.45, 2.75) is 39.2 Å². The van der Waals surface area contributed by atoms with E-state index in [-0.39, 0.29) is 18.1 Å². The lowest BCUT2D eigenvalue weighted by Crippen LogP contribution is -2.14. The number of anilines is 1. The number of hydrogen-bond acceptors (Lipinski definition) is 3. The average molecular weight is 289 g/mol. The van der Waals surface area contributed by atoms with Crippen LogP contribution in [0, 0.1) is 6.92 Å². The molecular weight excluding hydrogens is 266 g/mol. The van der Waals surface area contributed by atoms with Gasteiger partial charge in [0.15, 0.2) is 0 Å². The van der Waals surface area contributed by atoms with Crippen molar-refractivity contribution in [3.63, 3.8) is 0 Å². The Balaban J connectivity index is 2.21. The van der Waals surface area contributed by atoms with Crippen LogP contribution in [-0.4, -0.2) is 11.7 Å². The van der Waals surface area contributed by atoms with Crippen molar-refractivity contribution >= 4 is 17.0 Å². The molecule has 2 aromatic rings. The van der Waals surface area contributed by atoms with Crippen molar-refractivity contribution in [3.05, 3.63) is 51.7 Å². The van der Waals surface area contributed by atoms with E-state index >= 15 is 0 Å². The molecule has 20 heavy (non-hydrogen) atoms. The number of benzene rings is 1. The number of para-hydroxylation sites is 1. The molecule has 2 rings (SSSR count). The molecule has 0 aliphatic rings. The van der Waals surface area contributed by atoms with Crippen molar-refractivity contribution in [1.82, 2.24) is 0 Å². The molecule has 2 nitrogen and oxygen atoms in total. The molecule has 1 aromatic carbocycles. The number of aliphatic hydroxyl groups excluding tert-OH is 1. The van der Waals surface area contributed by atoms with Gasteiger partial charge >= 0.3 is 0 Å². The molecule has 3 heteroatoms. The molecule has 0 fully saturated rings. The number of nitrogens with one attached hydrogen (secondary N) is 1. The summed E-state index contributed by atoms with van der Waals surface area (Å²) in [6.07, 6.45) is 0. The first kappa shape index (κ1) is 15.1. The smallest absolute Gasteiger partial charge is 0.0837 e. The van der Waals surface area contributed by atoms with Crippen LogP contribution in [0.1, 0.15) is 42.1 Å². The topological polar surface area (TPSA) is 32.3 Å². The van der Waals surface area contributed by atoms with Gasteiger partial charge in [-0.25, -0.2) is 0 Å². The molecule has 0 saturated heterocycles. The molecule has 1 atom stereocenters. The molecule has 0 saturated carbocycles. The third-order valence-electron chi connectivity index (χ3n) is 3.37. The second-order valence-corrected chi connectivity index (χ2v) is 7.26. The van der Waals surface area contributed by atoms with E-state index < -0.39 is 0 Å².